The minimum absolute atomic E-state index is 0.0664. The first-order valence-corrected chi connectivity index (χ1v) is 6.29. The SMILES string of the molecule is CC(C)CCC[C@@H](C)COS(=O)(=O)O. The van der Waals surface area contributed by atoms with E-state index >= 15 is 0 Å². The predicted molar refractivity (Wildman–Crippen MR) is 55.4 cm³/mol. The Kier molecular flexibility index (Phi) is 6.31. The monoisotopic (exact) mass is 224 g/mol. The van der Waals surface area contributed by atoms with Crippen LogP contribution in [0.3, 0.4) is 0 Å². The fourth-order valence-corrected chi connectivity index (χ4v) is 1.56. The fraction of sp³-hybridized carbons (Fsp3) is 1.00. The van der Waals surface area contributed by atoms with E-state index in [2.05, 4.69) is 18.0 Å². The lowest BCUT2D eigenvalue weighted by Crippen LogP contribution is -2.11. The first kappa shape index (κ1) is 13.9. The highest BCUT2D eigenvalue weighted by atomic mass is 32.3. The van der Waals surface area contributed by atoms with Gasteiger partial charge in [0.2, 0.25) is 0 Å². The van der Waals surface area contributed by atoms with Gasteiger partial charge in [0.1, 0.15) is 0 Å². The Balaban J connectivity index is 3.51. The molecule has 0 aliphatic heterocycles. The second-order valence-electron chi connectivity index (χ2n) is 4.14. The molecule has 0 aliphatic carbocycles. The number of hydrogen-bond acceptors (Lipinski definition) is 3. The minimum Gasteiger partial charge on any atom is -0.264 e. The second kappa shape index (κ2) is 6.37. The topological polar surface area (TPSA) is 63.6 Å². The zero-order valence-electron chi connectivity index (χ0n) is 9.06. The van der Waals surface area contributed by atoms with Crippen molar-refractivity contribution in [3.8, 4) is 0 Å². The van der Waals surface area contributed by atoms with E-state index in [9.17, 15) is 8.42 Å². The normalized spacial score (nSPS) is 14.6. The van der Waals surface area contributed by atoms with E-state index in [1.807, 2.05) is 6.92 Å². The third kappa shape index (κ3) is 9.95. The molecule has 0 radical (unpaired) electrons. The van der Waals surface area contributed by atoms with Crippen LogP contribution in [0, 0.1) is 11.8 Å². The summed E-state index contributed by atoms with van der Waals surface area (Å²) in [5.41, 5.74) is 0. The molecule has 4 nitrogen and oxygen atoms in total. The van der Waals surface area contributed by atoms with Crippen molar-refractivity contribution < 1.29 is 17.2 Å². The maximum Gasteiger partial charge on any atom is 0.397 e. The van der Waals surface area contributed by atoms with Gasteiger partial charge in [-0.05, 0) is 18.3 Å². The van der Waals surface area contributed by atoms with Crippen molar-refractivity contribution in [3.63, 3.8) is 0 Å². The first-order valence-electron chi connectivity index (χ1n) is 4.93. The molecule has 86 valence electrons. The smallest absolute Gasteiger partial charge is 0.264 e. The molecule has 0 unspecified atom stereocenters. The van der Waals surface area contributed by atoms with E-state index in [1.165, 1.54) is 0 Å². The Morgan fingerprint density at radius 2 is 1.79 bits per heavy atom. The molecular weight excluding hydrogens is 204 g/mol. The summed E-state index contributed by atoms with van der Waals surface area (Å²) < 4.78 is 33.1. The number of hydrogen-bond donors (Lipinski definition) is 1. The van der Waals surface area contributed by atoms with Crippen molar-refractivity contribution in [1.29, 1.82) is 0 Å². The second-order valence-corrected chi connectivity index (χ2v) is 5.23. The summed E-state index contributed by atoms with van der Waals surface area (Å²) in [5, 5.41) is 0. The summed E-state index contributed by atoms with van der Waals surface area (Å²) in [7, 11) is -4.26. The zero-order chi connectivity index (χ0) is 11.2. The van der Waals surface area contributed by atoms with Crippen molar-refractivity contribution in [2.75, 3.05) is 6.61 Å². The lowest BCUT2D eigenvalue weighted by molar-refractivity contribution is 0.221. The molecule has 0 aromatic heterocycles. The fourth-order valence-electron chi connectivity index (χ4n) is 1.16. The molecule has 0 amide bonds. The summed E-state index contributed by atoms with van der Waals surface area (Å²) in [6.45, 7) is 6.28. The maximum absolute atomic E-state index is 10.3. The Labute approximate surface area is 86.6 Å². The summed E-state index contributed by atoms with van der Waals surface area (Å²) >= 11 is 0. The van der Waals surface area contributed by atoms with Crippen LogP contribution in [-0.4, -0.2) is 19.6 Å². The van der Waals surface area contributed by atoms with Crippen molar-refractivity contribution in [2.24, 2.45) is 11.8 Å². The molecule has 0 saturated carbocycles. The Hall–Kier alpha value is -0.130. The predicted octanol–water partition coefficient (Wildman–Crippen LogP) is 2.27. The third-order valence-corrected chi connectivity index (χ3v) is 2.41. The average Bonchev–Trinajstić information content (AvgIpc) is 1.99. The average molecular weight is 224 g/mol. The van der Waals surface area contributed by atoms with E-state index in [4.69, 9.17) is 4.55 Å². The van der Waals surface area contributed by atoms with Crippen LogP contribution >= 0.6 is 0 Å². The summed E-state index contributed by atoms with van der Waals surface area (Å²) in [6, 6.07) is 0. The summed E-state index contributed by atoms with van der Waals surface area (Å²) in [6.07, 6.45) is 3.12. The molecule has 0 saturated heterocycles. The van der Waals surface area contributed by atoms with Gasteiger partial charge in [-0.2, -0.15) is 8.42 Å². The van der Waals surface area contributed by atoms with E-state index in [-0.39, 0.29) is 12.5 Å². The molecule has 0 fully saturated rings. The summed E-state index contributed by atoms with van der Waals surface area (Å²) in [5.74, 6) is 0.834. The molecule has 1 N–H and O–H groups in total. The van der Waals surface area contributed by atoms with E-state index in [0.29, 0.717) is 5.92 Å². The van der Waals surface area contributed by atoms with Crippen LogP contribution in [0.15, 0.2) is 0 Å². The van der Waals surface area contributed by atoms with Gasteiger partial charge in [0.05, 0.1) is 6.61 Å². The van der Waals surface area contributed by atoms with Gasteiger partial charge in [0.15, 0.2) is 0 Å². The van der Waals surface area contributed by atoms with Gasteiger partial charge < -0.3 is 0 Å². The van der Waals surface area contributed by atoms with Crippen LogP contribution in [0.2, 0.25) is 0 Å². The largest absolute Gasteiger partial charge is 0.397 e. The Bertz CT molecular complexity index is 233. The molecule has 0 aromatic carbocycles. The van der Waals surface area contributed by atoms with Gasteiger partial charge in [0, 0.05) is 0 Å². The lowest BCUT2D eigenvalue weighted by atomic mass is 10.0. The lowest BCUT2D eigenvalue weighted by Gasteiger charge is -2.10. The third-order valence-electron chi connectivity index (χ3n) is 1.98. The molecule has 0 heterocycles. The van der Waals surface area contributed by atoms with Crippen LogP contribution in [-0.2, 0) is 14.6 Å². The van der Waals surface area contributed by atoms with Crippen molar-refractivity contribution in [1.82, 2.24) is 0 Å². The van der Waals surface area contributed by atoms with Gasteiger partial charge in [-0.1, -0.05) is 33.6 Å². The minimum atomic E-state index is -4.26. The maximum atomic E-state index is 10.3. The van der Waals surface area contributed by atoms with Gasteiger partial charge in [-0.3, -0.25) is 4.55 Å². The molecule has 1 atom stereocenters. The van der Waals surface area contributed by atoms with Crippen LogP contribution in [0.4, 0.5) is 0 Å². The highest BCUT2D eigenvalue weighted by Gasteiger charge is 2.09. The molecule has 0 rings (SSSR count). The molecule has 5 heteroatoms. The van der Waals surface area contributed by atoms with Crippen LogP contribution in [0.1, 0.15) is 40.0 Å². The van der Waals surface area contributed by atoms with Gasteiger partial charge in [-0.15, -0.1) is 0 Å². The highest BCUT2D eigenvalue weighted by molar-refractivity contribution is 7.80. The standard InChI is InChI=1S/C9H20O4S/c1-8(2)5-4-6-9(3)7-13-14(10,11)12/h8-9H,4-7H2,1-3H3,(H,10,11,12)/t9-/m1/s1. The molecular formula is C9H20O4S. The molecule has 0 aliphatic rings. The van der Waals surface area contributed by atoms with Crippen molar-refractivity contribution in [2.45, 2.75) is 40.0 Å². The molecule has 0 spiro atoms. The quantitative estimate of drug-likeness (QED) is 0.674. The van der Waals surface area contributed by atoms with E-state index in [1.54, 1.807) is 0 Å². The van der Waals surface area contributed by atoms with Gasteiger partial charge in [-0.25, -0.2) is 4.18 Å². The molecule has 0 bridgehead atoms. The number of rotatable bonds is 7. The van der Waals surface area contributed by atoms with Crippen molar-refractivity contribution in [3.05, 3.63) is 0 Å². The first-order chi connectivity index (χ1) is 6.31. The van der Waals surface area contributed by atoms with Crippen LogP contribution < -0.4 is 0 Å². The van der Waals surface area contributed by atoms with Crippen LogP contribution in [0.5, 0.6) is 0 Å². The van der Waals surface area contributed by atoms with Gasteiger partial charge >= 0.3 is 10.4 Å². The summed E-state index contributed by atoms with van der Waals surface area (Å²) in [4.78, 5) is 0. The van der Waals surface area contributed by atoms with E-state index < -0.39 is 10.4 Å². The zero-order valence-corrected chi connectivity index (χ0v) is 9.88. The Morgan fingerprint density at radius 3 is 2.21 bits per heavy atom. The van der Waals surface area contributed by atoms with E-state index in [0.717, 1.165) is 19.3 Å². The molecule has 14 heavy (non-hydrogen) atoms. The Morgan fingerprint density at radius 1 is 1.21 bits per heavy atom. The van der Waals surface area contributed by atoms with Gasteiger partial charge in [0.25, 0.3) is 0 Å². The van der Waals surface area contributed by atoms with Crippen LogP contribution in [0.25, 0.3) is 0 Å². The highest BCUT2D eigenvalue weighted by Crippen LogP contribution is 2.12. The van der Waals surface area contributed by atoms with Crippen molar-refractivity contribution >= 4 is 10.4 Å². The molecule has 0 aromatic rings.